The van der Waals surface area contributed by atoms with E-state index < -0.39 is 0 Å². The highest BCUT2D eigenvalue weighted by molar-refractivity contribution is 5.91. The molecular weight excluding hydrogens is 290 g/mol. The summed E-state index contributed by atoms with van der Waals surface area (Å²) in [5, 5.41) is 6.10. The van der Waals surface area contributed by atoms with Crippen LogP contribution in [0.2, 0.25) is 0 Å². The molecule has 0 fully saturated rings. The zero-order valence-corrected chi connectivity index (χ0v) is 13.8. The second-order valence-electron chi connectivity index (χ2n) is 5.26. The highest BCUT2D eigenvalue weighted by Gasteiger charge is 2.14. The van der Waals surface area contributed by atoms with Crippen molar-refractivity contribution in [3.8, 4) is 5.75 Å². The van der Waals surface area contributed by atoms with E-state index in [1.54, 1.807) is 19.4 Å². The molecular formula is C18H23N3O2. The lowest BCUT2D eigenvalue weighted by molar-refractivity contribution is -0.120. The molecule has 0 unspecified atom stereocenters. The number of nitrogens with one attached hydrogen (secondary N) is 2. The molecule has 5 nitrogen and oxygen atoms in total. The van der Waals surface area contributed by atoms with Crippen LogP contribution in [0.25, 0.3) is 0 Å². The number of ether oxygens (including phenoxy) is 1. The first-order valence-electron chi connectivity index (χ1n) is 7.84. The number of nitrogens with zero attached hydrogens (tertiary/aromatic N) is 1. The molecule has 2 N–H and O–H groups in total. The van der Waals surface area contributed by atoms with E-state index in [1.807, 2.05) is 44.2 Å². The van der Waals surface area contributed by atoms with Gasteiger partial charge in [-0.15, -0.1) is 0 Å². The zero-order valence-electron chi connectivity index (χ0n) is 13.8. The maximum absolute atomic E-state index is 12.1. The highest BCUT2D eigenvalue weighted by Crippen LogP contribution is 2.26. The molecule has 1 aromatic carbocycles. The van der Waals surface area contributed by atoms with Crippen molar-refractivity contribution in [1.82, 2.24) is 4.98 Å². The molecule has 2 aromatic rings. The molecule has 2 rings (SSSR count). The van der Waals surface area contributed by atoms with Crippen molar-refractivity contribution in [2.75, 3.05) is 17.7 Å². The van der Waals surface area contributed by atoms with Crippen molar-refractivity contribution < 1.29 is 9.53 Å². The van der Waals surface area contributed by atoms with Gasteiger partial charge in [-0.1, -0.05) is 26.0 Å². The number of benzene rings is 1. The average Bonchev–Trinajstić information content (AvgIpc) is 2.58. The number of carbonyl (C=O) groups is 1. The minimum absolute atomic E-state index is 0.0212. The number of carbonyl (C=O) groups excluding carboxylic acids is 1. The Morgan fingerprint density at radius 1 is 1.17 bits per heavy atom. The zero-order chi connectivity index (χ0) is 16.7. The van der Waals surface area contributed by atoms with Crippen molar-refractivity contribution in [3.05, 3.63) is 42.6 Å². The van der Waals surface area contributed by atoms with E-state index in [0.29, 0.717) is 5.82 Å². The Labute approximate surface area is 137 Å². The number of anilines is 3. The Morgan fingerprint density at radius 3 is 2.52 bits per heavy atom. The van der Waals surface area contributed by atoms with Gasteiger partial charge in [0.2, 0.25) is 5.91 Å². The summed E-state index contributed by atoms with van der Waals surface area (Å²) in [6, 6.07) is 11.3. The Bertz CT molecular complexity index is 637. The molecule has 5 heteroatoms. The molecule has 0 aliphatic rings. The van der Waals surface area contributed by atoms with Crippen LogP contribution in [0.3, 0.4) is 0 Å². The fourth-order valence-corrected chi connectivity index (χ4v) is 2.33. The fraction of sp³-hybridized carbons (Fsp3) is 0.333. The summed E-state index contributed by atoms with van der Waals surface area (Å²) in [7, 11) is 1.63. The fourth-order valence-electron chi connectivity index (χ4n) is 2.33. The third-order valence-electron chi connectivity index (χ3n) is 3.76. The van der Waals surface area contributed by atoms with Gasteiger partial charge in [0.25, 0.3) is 0 Å². The van der Waals surface area contributed by atoms with Crippen LogP contribution in [0.15, 0.2) is 42.6 Å². The SMILES string of the molecule is CCC(CC)C(=O)Nc1ccc(Nc2ccccc2OC)cn1. The molecule has 0 radical (unpaired) electrons. The average molecular weight is 313 g/mol. The summed E-state index contributed by atoms with van der Waals surface area (Å²) >= 11 is 0. The van der Waals surface area contributed by atoms with Crippen molar-refractivity contribution >= 4 is 23.1 Å². The first-order chi connectivity index (χ1) is 11.2. The normalized spacial score (nSPS) is 10.4. The molecule has 0 bridgehead atoms. The smallest absolute Gasteiger partial charge is 0.228 e. The lowest BCUT2D eigenvalue weighted by Gasteiger charge is -2.13. The summed E-state index contributed by atoms with van der Waals surface area (Å²) in [6.45, 7) is 4.03. The molecule has 0 aliphatic heterocycles. The van der Waals surface area contributed by atoms with Crippen LogP contribution < -0.4 is 15.4 Å². The number of pyridine rings is 1. The first kappa shape index (κ1) is 16.8. The lowest BCUT2D eigenvalue weighted by Crippen LogP contribution is -2.22. The van der Waals surface area contributed by atoms with Gasteiger partial charge < -0.3 is 15.4 Å². The van der Waals surface area contributed by atoms with Gasteiger partial charge in [0, 0.05) is 5.92 Å². The first-order valence-corrected chi connectivity index (χ1v) is 7.84. The van der Waals surface area contributed by atoms with Gasteiger partial charge >= 0.3 is 0 Å². The molecule has 23 heavy (non-hydrogen) atoms. The number of rotatable bonds is 7. The summed E-state index contributed by atoms with van der Waals surface area (Å²) in [6.07, 6.45) is 3.35. The highest BCUT2D eigenvalue weighted by atomic mass is 16.5. The molecule has 0 atom stereocenters. The maximum atomic E-state index is 12.1. The minimum atomic E-state index is 0.0212. The summed E-state index contributed by atoms with van der Waals surface area (Å²) < 4.78 is 5.31. The molecule has 1 aromatic heterocycles. The molecule has 1 amide bonds. The van der Waals surface area contributed by atoms with E-state index in [2.05, 4.69) is 15.6 Å². The Kier molecular flexibility index (Phi) is 5.97. The maximum Gasteiger partial charge on any atom is 0.228 e. The van der Waals surface area contributed by atoms with Gasteiger partial charge in [-0.2, -0.15) is 0 Å². The number of methoxy groups -OCH3 is 1. The van der Waals surface area contributed by atoms with Crippen LogP contribution in [0.5, 0.6) is 5.75 Å². The van der Waals surface area contributed by atoms with Gasteiger partial charge in [-0.3, -0.25) is 4.79 Å². The predicted molar refractivity (Wildman–Crippen MR) is 93.2 cm³/mol. The minimum Gasteiger partial charge on any atom is -0.495 e. The van der Waals surface area contributed by atoms with Gasteiger partial charge in [0.15, 0.2) is 0 Å². The van der Waals surface area contributed by atoms with Crippen molar-refractivity contribution in [2.24, 2.45) is 5.92 Å². The quantitative estimate of drug-likeness (QED) is 0.804. The number of aromatic nitrogens is 1. The third-order valence-corrected chi connectivity index (χ3v) is 3.76. The van der Waals surface area contributed by atoms with Crippen molar-refractivity contribution in [2.45, 2.75) is 26.7 Å². The largest absolute Gasteiger partial charge is 0.495 e. The third kappa shape index (κ3) is 4.45. The van der Waals surface area contributed by atoms with Crippen molar-refractivity contribution in [3.63, 3.8) is 0 Å². The Balaban J connectivity index is 2.03. The Morgan fingerprint density at radius 2 is 1.91 bits per heavy atom. The van der Waals surface area contributed by atoms with E-state index in [9.17, 15) is 4.79 Å². The van der Waals surface area contributed by atoms with E-state index in [4.69, 9.17) is 4.74 Å². The molecule has 0 saturated carbocycles. The number of hydrogen-bond donors (Lipinski definition) is 2. The van der Waals surface area contributed by atoms with Crippen LogP contribution in [0.1, 0.15) is 26.7 Å². The van der Waals surface area contributed by atoms with Crippen LogP contribution in [-0.4, -0.2) is 18.0 Å². The topological polar surface area (TPSA) is 63.2 Å². The van der Waals surface area contributed by atoms with E-state index in [-0.39, 0.29) is 11.8 Å². The molecule has 0 aliphatic carbocycles. The van der Waals surface area contributed by atoms with E-state index >= 15 is 0 Å². The number of hydrogen-bond acceptors (Lipinski definition) is 4. The molecule has 0 saturated heterocycles. The summed E-state index contributed by atoms with van der Waals surface area (Å²) in [5.74, 6) is 1.38. The summed E-state index contributed by atoms with van der Waals surface area (Å²) in [4.78, 5) is 16.3. The second kappa shape index (κ2) is 8.17. The predicted octanol–water partition coefficient (Wildman–Crippen LogP) is 4.21. The number of para-hydroxylation sites is 2. The van der Waals surface area contributed by atoms with Crippen LogP contribution in [-0.2, 0) is 4.79 Å². The van der Waals surface area contributed by atoms with Gasteiger partial charge in [0.05, 0.1) is 24.7 Å². The van der Waals surface area contributed by atoms with Crippen LogP contribution in [0, 0.1) is 5.92 Å². The standard InChI is InChI=1S/C18H23N3O2/c1-4-13(5-2)18(22)21-17-11-10-14(12-19-17)20-15-8-6-7-9-16(15)23-3/h6-13,20H,4-5H2,1-3H3,(H,19,21,22). The van der Waals surface area contributed by atoms with Gasteiger partial charge in [-0.05, 0) is 37.1 Å². The van der Waals surface area contributed by atoms with Gasteiger partial charge in [0.1, 0.15) is 11.6 Å². The lowest BCUT2D eigenvalue weighted by atomic mass is 10.0. The molecule has 122 valence electrons. The second-order valence-corrected chi connectivity index (χ2v) is 5.26. The van der Waals surface area contributed by atoms with Gasteiger partial charge in [-0.25, -0.2) is 4.98 Å². The summed E-state index contributed by atoms with van der Waals surface area (Å²) in [5.41, 5.74) is 1.70. The van der Waals surface area contributed by atoms with Crippen molar-refractivity contribution in [1.29, 1.82) is 0 Å². The monoisotopic (exact) mass is 313 g/mol. The van der Waals surface area contributed by atoms with Crippen LogP contribution in [0.4, 0.5) is 17.2 Å². The number of amides is 1. The van der Waals surface area contributed by atoms with E-state index in [0.717, 1.165) is 30.0 Å². The molecule has 0 spiro atoms. The Hall–Kier alpha value is -2.56. The molecule has 1 heterocycles. The van der Waals surface area contributed by atoms with E-state index in [1.165, 1.54) is 0 Å². The van der Waals surface area contributed by atoms with Crippen LogP contribution >= 0.6 is 0 Å².